The maximum atomic E-state index is 12.4. The van der Waals surface area contributed by atoms with Crippen LogP contribution in [0, 0.1) is 0 Å². The number of methoxy groups -OCH3 is 1. The minimum atomic E-state index is -0.395. The maximum absolute atomic E-state index is 12.4. The molecule has 0 aromatic heterocycles. The second-order valence-electron chi connectivity index (χ2n) is 4.54. The first-order valence-corrected chi connectivity index (χ1v) is 6.93. The van der Waals surface area contributed by atoms with E-state index >= 15 is 0 Å². The van der Waals surface area contributed by atoms with Crippen LogP contribution < -0.4 is 15.8 Å². The summed E-state index contributed by atoms with van der Waals surface area (Å²) in [5, 5.41) is 3.33. The molecule has 0 saturated carbocycles. The van der Waals surface area contributed by atoms with Crippen molar-refractivity contribution in [2.75, 3.05) is 19.0 Å². The first-order valence-electron chi connectivity index (χ1n) is 6.55. The Labute approximate surface area is 128 Å². The molecule has 0 fully saturated rings. The molecular weight excluding hydrogens is 288 g/mol. The SMILES string of the molecule is COc1cc(NC(=O)C(CN)c2ccccc2)ccc1Cl. The minimum Gasteiger partial charge on any atom is -0.495 e. The molecule has 0 aliphatic rings. The van der Waals surface area contributed by atoms with E-state index in [0.29, 0.717) is 16.5 Å². The number of carbonyl (C=O) groups excluding carboxylic acids is 1. The zero-order valence-electron chi connectivity index (χ0n) is 11.7. The minimum absolute atomic E-state index is 0.159. The number of nitrogens with two attached hydrogens (primary N) is 1. The zero-order chi connectivity index (χ0) is 15.2. The highest BCUT2D eigenvalue weighted by Gasteiger charge is 2.19. The van der Waals surface area contributed by atoms with Gasteiger partial charge in [0.1, 0.15) is 5.75 Å². The van der Waals surface area contributed by atoms with Crippen LogP contribution in [0.2, 0.25) is 5.02 Å². The third-order valence-electron chi connectivity index (χ3n) is 3.17. The molecule has 4 nitrogen and oxygen atoms in total. The van der Waals surface area contributed by atoms with Crippen molar-refractivity contribution in [3.8, 4) is 5.75 Å². The van der Waals surface area contributed by atoms with Gasteiger partial charge in [0.15, 0.2) is 0 Å². The van der Waals surface area contributed by atoms with Crippen molar-refractivity contribution in [2.45, 2.75) is 5.92 Å². The third kappa shape index (κ3) is 3.74. The van der Waals surface area contributed by atoms with Gasteiger partial charge in [-0.1, -0.05) is 41.9 Å². The molecule has 2 aromatic carbocycles. The number of ether oxygens (including phenoxy) is 1. The van der Waals surface area contributed by atoms with Crippen molar-refractivity contribution < 1.29 is 9.53 Å². The van der Waals surface area contributed by atoms with E-state index in [2.05, 4.69) is 5.32 Å². The van der Waals surface area contributed by atoms with Crippen molar-refractivity contribution in [3.63, 3.8) is 0 Å². The van der Waals surface area contributed by atoms with Crippen molar-refractivity contribution in [1.29, 1.82) is 0 Å². The lowest BCUT2D eigenvalue weighted by Crippen LogP contribution is -2.27. The molecule has 2 rings (SSSR count). The van der Waals surface area contributed by atoms with E-state index in [1.807, 2.05) is 30.3 Å². The summed E-state index contributed by atoms with van der Waals surface area (Å²) in [6, 6.07) is 14.5. The van der Waals surface area contributed by atoms with Crippen LogP contribution in [0.1, 0.15) is 11.5 Å². The van der Waals surface area contributed by atoms with Gasteiger partial charge in [-0.2, -0.15) is 0 Å². The van der Waals surface area contributed by atoms with Gasteiger partial charge in [0.25, 0.3) is 0 Å². The standard InChI is InChI=1S/C16H17ClN2O2/c1-21-15-9-12(7-8-14(15)17)19-16(20)13(10-18)11-5-3-2-4-6-11/h2-9,13H,10,18H2,1H3,(H,19,20). The molecule has 0 heterocycles. The highest BCUT2D eigenvalue weighted by atomic mass is 35.5. The fourth-order valence-electron chi connectivity index (χ4n) is 2.05. The molecule has 0 spiro atoms. The summed E-state index contributed by atoms with van der Waals surface area (Å²) in [5.74, 6) is -0.0422. The van der Waals surface area contributed by atoms with Gasteiger partial charge < -0.3 is 15.8 Å². The van der Waals surface area contributed by atoms with Gasteiger partial charge in [-0.25, -0.2) is 0 Å². The molecule has 3 N–H and O–H groups in total. The van der Waals surface area contributed by atoms with E-state index < -0.39 is 5.92 Å². The first kappa shape index (κ1) is 15.4. The molecule has 0 aliphatic heterocycles. The smallest absolute Gasteiger partial charge is 0.233 e. The molecule has 5 heteroatoms. The van der Waals surface area contributed by atoms with Crippen LogP contribution in [0.15, 0.2) is 48.5 Å². The number of halogens is 1. The monoisotopic (exact) mass is 304 g/mol. The van der Waals surface area contributed by atoms with Crippen molar-refractivity contribution in [3.05, 3.63) is 59.1 Å². The normalized spacial score (nSPS) is 11.8. The van der Waals surface area contributed by atoms with Crippen LogP contribution in [-0.4, -0.2) is 19.6 Å². The lowest BCUT2D eigenvalue weighted by Gasteiger charge is -2.16. The molecule has 0 bridgehead atoms. The largest absolute Gasteiger partial charge is 0.495 e. The predicted octanol–water partition coefficient (Wildman–Crippen LogP) is 3.03. The van der Waals surface area contributed by atoms with Crippen LogP contribution in [0.4, 0.5) is 5.69 Å². The van der Waals surface area contributed by atoms with E-state index in [9.17, 15) is 4.79 Å². The molecular formula is C16H17ClN2O2. The Hall–Kier alpha value is -2.04. The van der Waals surface area contributed by atoms with Crippen LogP contribution in [0.25, 0.3) is 0 Å². The summed E-state index contributed by atoms with van der Waals surface area (Å²) >= 11 is 5.96. The maximum Gasteiger partial charge on any atom is 0.233 e. The molecule has 0 aliphatic carbocycles. The number of hydrogen-bond donors (Lipinski definition) is 2. The number of carbonyl (C=O) groups is 1. The van der Waals surface area contributed by atoms with E-state index in [-0.39, 0.29) is 12.5 Å². The van der Waals surface area contributed by atoms with Gasteiger partial charge in [0, 0.05) is 18.3 Å². The van der Waals surface area contributed by atoms with E-state index in [0.717, 1.165) is 5.56 Å². The van der Waals surface area contributed by atoms with Crippen molar-refractivity contribution >= 4 is 23.2 Å². The summed E-state index contributed by atoms with van der Waals surface area (Å²) in [6.45, 7) is 0.237. The summed E-state index contributed by atoms with van der Waals surface area (Å²) < 4.78 is 5.13. The average Bonchev–Trinajstić information content (AvgIpc) is 2.51. The highest BCUT2D eigenvalue weighted by Crippen LogP contribution is 2.28. The van der Waals surface area contributed by atoms with E-state index in [4.69, 9.17) is 22.1 Å². The quantitative estimate of drug-likeness (QED) is 0.892. The van der Waals surface area contributed by atoms with Gasteiger partial charge in [-0.05, 0) is 17.7 Å². The lowest BCUT2D eigenvalue weighted by molar-refractivity contribution is -0.117. The molecule has 0 saturated heterocycles. The predicted molar refractivity (Wildman–Crippen MR) is 84.9 cm³/mol. The Morgan fingerprint density at radius 2 is 2.00 bits per heavy atom. The summed E-state index contributed by atoms with van der Waals surface area (Å²) in [5.41, 5.74) is 7.24. The van der Waals surface area contributed by atoms with Gasteiger partial charge in [-0.3, -0.25) is 4.79 Å². The highest BCUT2D eigenvalue weighted by molar-refractivity contribution is 6.32. The Balaban J connectivity index is 2.16. The zero-order valence-corrected chi connectivity index (χ0v) is 12.4. The molecule has 1 atom stereocenters. The topological polar surface area (TPSA) is 64.3 Å². The van der Waals surface area contributed by atoms with Gasteiger partial charge in [-0.15, -0.1) is 0 Å². The molecule has 110 valence electrons. The number of amides is 1. The fourth-order valence-corrected chi connectivity index (χ4v) is 2.24. The second kappa shape index (κ2) is 7.11. The van der Waals surface area contributed by atoms with E-state index in [1.165, 1.54) is 7.11 Å². The molecule has 0 radical (unpaired) electrons. The van der Waals surface area contributed by atoms with Gasteiger partial charge in [0.2, 0.25) is 5.91 Å². The summed E-state index contributed by atoms with van der Waals surface area (Å²) in [7, 11) is 1.53. The lowest BCUT2D eigenvalue weighted by atomic mass is 9.98. The molecule has 2 aromatic rings. The van der Waals surface area contributed by atoms with Crippen LogP contribution >= 0.6 is 11.6 Å². The second-order valence-corrected chi connectivity index (χ2v) is 4.94. The van der Waals surface area contributed by atoms with Crippen LogP contribution in [0.3, 0.4) is 0 Å². The Bertz CT molecular complexity index is 617. The van der Waals surface area contributed by atoms with Crippen LogP contribution in [-0.2, 0) is 4.79 Å². The Morgan fingerprint density at radius 3 is 2.62 bits per heavy atom. The number of anilines is 1. The van der Waals surface area contributed by atoms with Gasteiger partial charge >= 0.3 is 0 Å². The molecule has 1 amide bonds. The summed E-state index contributed by atoms with van der Waals surface area (Å²) in [6.07, 6.45) is 0. The number of hydrogen-bond acceptors (Lipinski definition) is 3. The number of nitrogens with one attached hydrogen (secondary N) is 1. The Kier molecular flexibility index (Phi) is 5.20. The number of benzene rings is 2. The Morgan fingerprint density at radius 1 is 1.29 bits per heavy atom. The first-order chi connectivity index (χ1) is 10.2. The van der Waals surface area contributed by atoms with Crippen molar-refractivity contribution in [2.24, 2.45) is 5.73 Å². The van der Waals surface area contributed by atoms with Crippen molar-refractivity contribution in [1.82, 2.24) is 0 Å². The summed E-state index contributed by atoms with van der Waals surface area (Å²) in [4.78, 5) is 12.4. The molecule has 21 heavy (non-hydrogen) atoms. The number of rotatable bonds is 5. The van der Waals surface area contributed by atoms with Crippen LogP contribution in [0.5, 0.6) is 5.75 Å². The average molecular weight is 305 g/mol. The fraction of sp³-hybridized carbons (Fsp3) is 0.188. The third-order valence-corrected chi connectivity index (χ3v) is 3.49. The molecule has 1 unspecified atom stereocenters. The van der Waals surface area contributed by atoms with E-state index in [1.54, 1.807) is 18.2 Å². The van der Waals surface area contributed by atoms with Gasteiger partial charge in [0.05, 0.1) is 18.1 Å².